The number of carbonyl (C=O) groups excluding carboxylic acids is 2. The number of anilines is 2. The fourth-order valence-corrected chi connectivity index (χ4v) is 3.67. The Morgan fingerprint density at radius 2 is 1.75 bits per heavy atom. The first kappa shape index (κ1) is 18.5. The topological polar surface area (TPSA) is 72.9 Å². The maximum atomic E-state index is 12.7. The summed E-state index contributed by atoms with van der Waals surface area (Å²) in [5, 5.41) is 0.583. The Balaban J connectivity index is 1.31. The standard InChI is InChI=1S/C19H21ClN6O2/c20-15-3-1-4-16(13-15)26-12-11-25(19(26)28)14-17(27)23-7-9-24(10-8-23)18-21-5-2-6-22-18/h1-6,13H,7-12,14H2. The fourth-order valence-electron chi connectivity index (χ4n) is 3.49. The number of piperazine rings is 1. The average molecular weight is 401 g/mol. The molecule has 0 unspecified atom stereocenters. The van der Waals surface area contributed by atoms with Gasteiger partial charge in [0.15, 0.2) is 0 Å². The van der Waals surface area contributed by atoms with Crippen molar-refractivity contribution in [2.75, 3.05) is 55.6 Å². The smallest absolute Gasteiger partial charge is 0.325 e. The fraction of sp³-hybridized carbons (Fsp3) is 0.368. The number of carbonyl (C=O) groups is 2. The van der Waals surface area contributed by atoms with Gasteiger partial charge in [0.2, 0.25) is 11.9 Å². The molecule has 2 saturated heterocycles. The monoisotopic (exact) mass is 400 g/mol. The van der Waals surface area contributed by atoms with Gasteiger partial charge in [-0.15, -0.1) is 0 Å². The van der Waals surface area contributed by atoms with Gasteiger partial charge in [0.05, 0.1) is 0 Å². The Morgan fingerprint density at radius 1 is 1.00 bits per heavy atom. The van der Waals surface area contributed by atoms with Crippen molar-refractivity contribution in [3.63, 3.8) is 0 Å². The normalized spacial score (nSPS) is 17.4. The van der Waals surface area contributed by atoms with Gasteiger partial charge in [-0.05, 0) is 24.3 Å². The van der Waals surface area contributed by atoms with E-state index >= 15 is 0 Å². The minimum atomic E-state index is -0.160. The molecule has 2 aliphatic heterocycles. The van der Waals surface area contributed by atoms with Gasteiger partial charge in [0.1, 0.15) is 6.54 Å². The zero-order valence-electron chi connectivity index (χ0n) is 15.4. The highest BCUT2D eigenvalue weighted by molar-refractivity contribution is 6.30. The van der Waals surface area contributed by atoms with E-state index in [2.05, 4.69) is 14.9 Å². The third-order valence-corrected chi connectivity index (χ3v) is 5.24. The Labute approximate surface area is 168 Å². The number of nitrogens with zero attached hydrogens (tertiary/aromatic N) is 6. The van der Waals surface area contributed by atoms with Gasteiger partial charge in [-0.25, -0.2) is 14.8 Å². The van der Waals surface area contributed by atoms with Crippen molar-refractivity contribution in [3.05, 3.63) is 47.7 Å². The van der Waals surface area contributed by atoms with Gasteiger partial charge in [-0.3, -0.25) is 9.69 Å². The maximum absolute atomic E-state index is 12.7. The molecule has 8 nitrogen and oxygen atoms in total. The van der Waals surface area contributed by atoms with Crippen LogP contribution in [0.4, 0.5) is 16.4 Å². The number of urea groups is 1. The summed E-state index contributed by atoms with van der Waals surface area (Å²) in [6.45, 7) is 3.71. The third kappa shape index (κ3) is 3.87. The molecular formula is C19H21ClN6O2. The van der Waals surface area contributed by atoms with E-state index in [0.29, 0.717) is 50.2 Å². The average Bonchev–Trinajstić information content (AvgIpc) is 3.09. The number of aromatic nitrogens is 2. The number of rotatable bonds is 4. The Hall–Kier alpha value is -2.87. The second-order valence-corrected chi connectivity index (χ2v) is 7.19. The molecule has 2 aromatic rings. The van der Waals surface area contributed by atoms with Crippen molar-refractivity contribution >= 4 is 35.2 Å². The molecule has 28 heavy (non-hydrogen) atoms. The van der Waals surface area contributed by atoms with Crippen LogP contribution in [0.25, 0.3) is 0 Å². The number of hydrogen-bond acceptors (Lipinski definition) is 5. The summed E-state index contributed by atoms with van der Waals surface area (Å²) in [6, 6.07) is 8.81. The lowest BCUT2D eigenvalue weighted by molar-refractivity contribution is -0.131. The first-order valence-electron chi connectivity index (χ1n) is 9.23. The summed E-state index contributed by atoms with van der Waals surface area (Å²) in [6.07, 6.45) is 3.43. The number of hydrogen-bond donors (Lipinski definition) is 0. The van der Waals surface area contributed by atoms with Gasteiger partial charge in [0, 0.05) is 62.4 Å². The molecule has 3 heterocycles. The van der Waals surface area contributed by atoms with Gasteiger partial charge in [-0.2, -0.15) is 0 Å². The van der Waals surface area contributed by atoms with Crippen LogP contribution in [0.5, 0.6) is 0 Å². The molecule has 146 valence electrons. The molecular weight excluding hydrogens is 380 g/mol. The minimum Gasteiger partial charge on any atom is -0.338 e. The predicted octanol–water partition coefficient (Wildman–Crippen LogP) is 1.72. The van der Waals surface area contributed by atoms with Crippen LogP contribution in [-0.4, -0.2) is 77.5 Å². The second kappa shape index (κ2) is 8.02. The molecule has 1 aromatic heterocycles. The van der Waals surface area contributed by atoms with Crippen LogP contribution >= 0.6 is 11.6 Å². The Kier molecular flexibility index (Phi) is 5.29. The summed E-state index contributed by atoms with van der Waals surface area (Å²) >= 11 is 6.02. The van der Waals surface area contributed by atoms with Crippen LogP contribution in [0.2, 0.25) is 5.02 Å². The summed E-state index contributed by atoms with van der Waals surface area (Å²) < 4.78 is 0. The van der Waals surface area contributed by atoms with Crippen LogP contribution in [0.15, 0.2) is 42.7 Å². The summed E-state index contributed by atoms with van der Waals surface area (Å²) in [7, 11) is 0. The van der Waals surface area contributed by atoms with Gasteiger partial charge in [-0.1, -0.05) is 17.7 Å². The number of halogens is 1. The molecule has 0 saturated carbocycles. The van der Waals surface area contributed by atoms with Crippen molar-refractivity contribution in [2.45, 2.75) is 0 Å². The Morgan fingerprint density at radius 3 is 2.46 bits per heavy atom. The molecule has 0 bridgehead atoms. The van der Waals surface area contributed by atoms with E-state index in [4.69, 9.17) is 11.6 Å². The van der Waals surface area contributed by atoms with E-state index in [1.807, 2.05) is 12.1 Å². The molecule has 4 rings (SSSR count). The van der Waals surface area contributed by atoms with Gasteiger partial charge >= 0.3 is 6.03 Å². The molecule has 1 aromatic carbocycles. The van der Waals surface area contributed by atoms with E-state index in [0.717, 1.165) is 5.69 Å². The molecule has 2 fully saturated rings. The van der Waals surface area contributed by atoms with E-state index < -0.39 is 0 Å². The van der Waals surface area contributed by atoms with Crippen LogP contribution in [0.3, 0.4) is 0 Å². The first-order valence-corrected chi connectivity index (χ1v) is 9.61. The zero-order chi connectivity index (χ0) is 19.5. The summed E-state index contributed by atoms with van der Waals surface area (Å²) in [5.41, 5.74) is 0.754. The summed E-state index contributed by atoms with van der Waals surface area (Å²) in [5.74, 6) is 0.649. The third-order valence-electron chi connectivity index (χ3n) is 5.01. The largest absolute Gasteiger partial charge is 0.338 e. The van der Waals surface area contributed by atoms with Gasteiger partial charge < -0.3 is 14.7 Å². The molecule has 0 spiro atoms. The lowest BCUT2D eigenvalue weighted by Gasteiger charge is -2.35. The maximum Gasteiger partial charge on any atom is 0.325 e. The van der Waals surface area contributed by atoms with Crippen molar-refractivity contribution in [1.29, 1.82) is 0 Å². The highest BCUT2D eigenvalue weighted by Gasteiger charge is 2.32. The molecule has 9 heteroatoms. The lowest BCUT2D eigenvalue weighted by atomic mass is 10.3. The SMILES string of the molecule is O=C(CN1CCN(c2cccc(Cl)c2)C1=O)N1CCN(c2ncccn2)CC1. The highest BCUT2D eigenvalue weighted by atomic mass is 35.5. The van der Waals surface area contributed by atoms with Crippen molar-refractivity contribution < 1.29 is 9.59 Å². The van der Waals surface area contributed by atoms with Crippen molar-refractivity contribution in [2.24, 2.45) is 0 Å². The minimum absolute atomic E-state index is 0.0325. The molecule has 0 radical (unpaired) electrons. The van der Waals surface area contributed by atoms with Crippen molar-refractivity contribution in [1.82, 2.24) is 19.8 Å². The lowest BCUT2D eigenvalue weighted by Crippen LogP contribution is -2.52. The quantitative estimate of drug-likeness (QED) is 0.781. The van der Waals surface area contributed by atoms with Crippen LogP contribution in [-0.2, 0) is 4.79 Å². The molecule has 0 N–H and O–H groups in total. The highest BCUT2D eigenvalue weighted by Crippen LogP contribution is 2.23. The molecule has 3 amide bonds. The zero-order valence-corrected chi connectivity index (χ0v) is 16.1. The second-order valence-electron chi connectivity index (χ2n) is 6.75. The van der Waals surface area contributed by atoms with Crippen LogP contribution < -0.4 is 9.80 Å². The molecule has 0 aliphatic carbocycles. The predicted molar refractivity (Wildman–Crippen MR) is 107 cm³/mol. The van der Waals surface area contributed by atoms with Crippen molar-refractivity contribution in [3.8, 4) is 0 Å². The van der Waals surface area contributed by atoms with E-state index in [9.17, 15) is 9.59 Å². The van der Waals surface area contributed by atoms with Gasteiger partial charge in [0.25, 0.3) is 0 Å². The Bertz CT molecular complexity index is 857. The van der Waals surface area contributed by atoms with E-state index in [1.54, 1.807) is 45.3 Å². The molecule has 0 atom stereocenters. The van der Waals surface area contributed by atoms with E-state index in [1.165, 1.54) is 0 Å². The first-order chi connectivity index (χ1) is 13.6. The van der Waals surface area contributed by atoms with Crippen LogP contribution in [0.1, 0.15) is 0 Å². The number of benzene rings is 1. The summed E-state index contributed by atoms with van der Waals surface area (Å²) in [4.78, 5) is 41.0. The molecule has 2 aliphatic rings. The number of amides is 3. The van der Waals surface area contributed by atoms with Crippen LogP contribution in [0, 0.1) is 0 Å². The van der Waals surface area contributed by atoms with E-state index in [-0.39, 0.29) is 18.5 Å².